The van der Waals surface area contributed by atoms with Crippen molar-refractivity contribution in [2.24, 2.45) is 0 Å². The summed E-state index contributed by atoms with van der Waals surface area (Å²) in [6, 6.07) is 2.44. The Hall–Kier alpha value is -0.640. The number of hydrogen-bond acceptors (Lipinski definition) is 3. The first-order valence-electron chi connectivity index (χ1n) is 8.12. The van der Waals surface area contributed by atoms with Gasteiger partial charge in [-0.1, -0.05) is 18.5 Å². The third-order valence-electron chi connectivity index (χ3n) is 4.70. The number of pyridine rings is 1. The minimum atomic E-state index is 0.137. The van der Waals surface area contributed by atoms with Gasteiger partial charge >= 0.3 is 0 Å². The normalized spacial score (nSPS) is 18.1. The zero-order valence-electron chi connectivity index (χ0n) is 13.5. The fraction of sp³-hybridized carbons (Fsp3) is 0.706. The van der Waals surface area contributed by atoms with Gasteiger partial charge in [0.1, 0.15) is 0 Å². The van der Waals surface area contributed by atoms with Crippen molar-refractivity contribution in [2.45, 2.75) is 58.0 Å². The Labute approximate surface area is 134 Å². The van der Waals surface area contributed by atoms with Crippen LogP contribution in [0.15, 0.2) is 18.5 Å². The number of aromatic nitrogens is 1. The van der Waals surface area contributed by atoms with Gasteiger partial charge in [0.15, 0.2) is 0 Å². The highest BCUT2D eigenvalue weighted by Crippen LogP contribution is 2.27. The summed E-state index contributed by atoms with van der Waals surface area (Å²) in [5.74, 6) is 0. The van der Waals surface area contributed by atoms with E-state index < -0.39 is 0 Å². The van der Waals surface area contributed by atoms with Crippen molar-refractivity contribution >= 4 is 11.6 Å². The van der Waals surface area contributed by atoms with E-state index in [-0.39, 0.29) is 5.54 Å². The van der Waals surface area contributed by atoms with Gasteiger partial charge in [0, 0.05) is 24.0 Å². The fourth-order valence-electron chi connectivity index (χ4n) is 3.19. The van der Waals surface area contributed by atoms with Crippen LogP contribution in [0.4, 0.5) is 0 Å². The Kier molecular flexibility index (Phi) is 6.03. The van der Waals surface area contributed by atoms with E-state index >= 15 is 0 Å². The lowest BCUT2D eigenvalue weighted by atomic mass is 9.87. The maximum absolute atomic E-state index is 6.31. The molecular formula is C17H28ClN3. The predicted octanol–water partition coefficient (Wildman–Crippen LogP) is 3.52. The van der Waals surface area contributed by atoms with Crippen molar-refractivity contribution in [2.75, 3.05) is 19.6 Å². The molecule has 0 radical (unpaired) electrons. The smallest absolute Gasteiger partial charge is 0.0621 e. The second-order valence-electron chi connectivity index (χ2n) is 6.53. The standard InChI is InChI=1S/C17H28ClN3/c1-4-8-20-16(12-14-7-9-19-13-15(14)18)17(2,3)21-10-5-6-11-21/h7,9,13,16,20H,4-6,8,10-12H2,1-3H3. The van der Waals surface area contributed by atoms with Gasteiger partial charge in [-0.15, -0.1) is 0 Å². The average molecular weight is 310 g/mol. The first kappa shape index (κ1) is 16.7. The van der Waals surface area contributed by atoms with E-state index in [0.29, 0.717) is 6.04 Å². The molecule has 0 amide bonds. The summed E-state index contributed by atoms with van der Waals surface area (Å²) in [5.41, 5.74) is 1.32. The predicted molar refractivity (Wildman–Crippen MR) is 89.9 cm³/mol. The van der Waals surface area contributed by atoms with Crippen LogP contribution < -0.4 is 5.32 Å². The maximum atomic E-state index is 6.31. The van der Waals surface area contributed by atoms with Crippen LogP contribution in [0.1, 0.15) is 45.6 Å². The topological polar surface area (TPSA) is 28.2 Å². The number of nitrogens with zero attached hydrogens (tertiary/aromatic N) is 2. The molecule has 2 rings (SSSR count). The Bertz CT molecular complexity index is 441. The van der Waals surface area contributed by atoms with Crippen molar-refractivity contribution in [3.63, 3.8) is 0 Å². The number of likely N-dealkylation sites (tertiary alicyclic amines) is 1. The monoisotopic (exact) mass is 309 g/mol. The molecule has 2 heterocycles. The van der Waals surface area contributed by atoms with Crippen molar-refractivity contribution in [3.05, 3.63) is 29.0 Å². The van der Waals surface area contributed by atoms with Gasteiger partial charge in [-0.3, -0.25) is 9.88 Å². The zero-order valence-corrected chi connectivity index (χ0v) is 14.3. The summed E-state index contributed by atoms with van der Waals surface area (Å²) in [6.45, 7) is 10.4. The highest BCUT2D eigenvalue weighted by Gasteiger charge is 2.36. The lowest BCUT2D eigenvalue weighted by molar-refractivity contribution is 0.106. The Morgan fingerprint density at radius 2 is 2.10 bits per heavy atom. The highest BCUT2D eigenvalue weighted by molar-refractivity contribution is 6.31. The molecule has 1 aromatic rings. The first-order chi connectivity index (χ1) is 10.1. The maximum Gasteiger partial charge on any atom is 0.0621 e. The fourth-order valence-corrected chi connectivity index (χ4v) is 3.39. The molecule has 1 unspecified atom stereocenters. The van der Waals surface area contributed by atoms with E-state index in [9.17, 15) is 0 Å². The van der Waals surface area contributed by atoms with Crippen molar-refractivity contribution < 1.29 is 0 Å². The van der Waals surface area contributed by atoms with Gasteiger partial charge in [-0.2, -0.15) is 0 Å². The van der Waals surface area contributed by atoms with Crippen LogP contribution in [0, 0.1) is 0 Å². The lowest BCUT2D eigenvalue weighted by Crippen LogP contribution is -2.58. The molecule has 3 nitrogen and oxygen atoms in total. The summed E-state index contributed by atoms with van der Waals surface area (Å²) in [5, 5.41) is 4.52. The molecule has 1 fully saturated rings. The molecule has 0 saturated carbocycles. The van der Waals surface area contributed by atoms with Gasteiger partial charge in [0.2, 0.25) is 0 Å². The molecule has 21 heavy (non-hydrogen) atoms. The Morgan fingerprint density at radius 3 is 2.71 bits per heavy atom. The minimum Gasteiger partial charge on any atom is -0.312 e. The molecule has 1 N–H and O–H groups in total. The summed E-state index contributed by atoms with van der Waals surface area (Å²) in [7, 11) is 0. The van der Waals surface area contributed by atoms with Crippen molar-refractivity contribution in [1.29, 1.82) is 0 Å². The van der Waals surface area contributed by atoms with Crippen LogP contribution in [-0.2, 0) is 6.42 Å². The molecule has 4 heteroatoms. The minimum absolute atomic E-state index is 0.137. The van der Waals surface area contributed by atoms with Crippen LogP contribution in [-0.4, -0.2) is 41.1 Å². The van der Waals surface area contributed by atoms with Crippen LogP contribution in [0.5, 0.6) is 0 Å². The van der Waals surface area contributed by atoms with Gasteiger partial charge in [0.25, 0.3) is 0 Å². The van der Waals surface area contributed by atoms with E-state index in [1.165, 1.54) is 31.5 Å². The molecule has 118 valence electrons. The van der Waals surface area contributed by atoms with E-state index in [1.54, 1.807) is 6.20 Å². The second kappa shape index (κ2) is 7.57. The lowest BCUT2D eigenvalue weighted by Gasteiger charge is -2.43. The van der Waals surface area contributed by atoms with Gasteiger partial charge in [-0.05, 0) is 70.8 Å². The molecular weight excluding hydrogens is 282 g/mol. The molecule has 1 aliphatic heterocycles. The summed E-state index contributed by atoms with van der Waals surface area (Å²) < 4.78 is 0. The third kappa shape index (κ3) is 4.18. The molecule has 0 bridgehead atoms. The molecule has 1 saturated heterocycles. The highest BCUT2D eigenvalue weighted by atomic mass is 35.5. The average Bonchev–Trinajstić information content (AvgIpc) is 3.00. The van der Waals surface area contributed by atoms with Crippen LogP contribution in [0.2, 0.25) is 5.02 Å². The van der Waals surface area contributed by atoms with Gasteiger partial charge in [-0.25, -0.2) is 0 Å². The largest absolute Gasteiger partial charge is 0.312 e. The number of hydrogen-bond donors (Lipinski definition) is 1. The SMILES string of the molecule is CCCNC(Cc1ccncc1Cl)C(C)(C)N1CCCC1. The number of rotatable bonds is 7. The van der Waals surface area contributed by atoms with E-state index in [4.69, 9.17) is 11.6 Å². The molecule has 1 aliphatic rings. The van der Waals surface area contributed by atoms with Crippen LogP contribution >= 0.6 is 11.6 Å². The van der Waals surface area contributed by atoms with Gasteiger partial charge < -0.3 is 5.32 Å². The van der Waals surface area contributed by atoms with E-state index in [2.05, 4.69) is 36.0 Å². The second-order valence-corrected chi connectivity index (χ2v) is 6.93. The third-order valence-corrected chi connectivity index (χ3v) is 5.04. The summed E-state index contributed by atoms with van der Waals surface area (Å²) in [6.07, 6.45) is 8.32. The quantitative estimate of drug-likeness (QED) is 0.835. The van der Waals surface area contributed by atoms with Crippen LogP contribution in [0.25, 0.3) is 0 Å². The zero-order chi connectivity index (χ0) is 15.3. The molecule has 0 spiro atoms. The Balaban J connectivity index is 2.15. The summed E-state index contributed by atoms with van der Waals surface area (Å²) >= 11 is 6.31. The van der Waals surface area contributed by atoms with Crippen LogP contribution in [0.3, 0.4) is 0 Å². The van der Waals surface area contributed by atoms with E-state index in [0.717, 1.165) is 24.4 Å². The number of nitrogens with one attached hydrogen (secondary N) is 1. The molecule has 0 aliphatic carbocycles. The number of halogens is 1. The summed E-state index contributed by atoms with van der Waals surface area (Å²) in [4.78, 5) is 6.71. The van der Waals surface area contributed by atoms with Gasteiger partial charge in [0.05, 0.1) is 5.02 Å². The molecule has 1 aromatic heterocycles. The van der Waals surface area contributed by atoms with Crippen molar-refractivity contribution in [3.8, 4) is 0 Å². The molecule has 0 aromatic carbocycles. The van der Waals surface area contributed by atoms with Crippen molar-refractivity contribution in [1.82, 2.24) is 15.2 Å². The molecule has 1 atom stereocenters. The van der Waals surface area contributed by atoms with E-state index in [1.807, 2.05) is 12.3 Å². The first-order valence-corrected chi connectivity index (χ1v) is 8.50. The Morgan fingerprint density at radius 1 is 1.38 bits per heavy atom.